The van der Waals surface area contributed by atoms with Gasteiger partial charge in [-0.2, -0.15) is 0 Å². The van der Waals surface area contributed by atoms with Gasteiger partial charge in [-0.25, -0.2) is 0 Å². The van der Waals surface area contributed by atoms with Crippen LogP contribution in [0.2, 0.25) is 0 Å². The maximum absolute atomic E-state index is 10.3. The maximum Gasteiger partial charge on any atom is 0.145 e. The summed E-state index contributed by atoms with van der Waals surface area (Å²) in [6.45, 7) is 2.50. The van der Waals surface area contributed by atoms with Gasteiger partial charge in [0.1, 0.15) is 10.0 Å². The average Bonchev–Trinajstić information content (AvgIpc) is 2.57. The third-order valence-electron chi connectivity index (χ3n) is 2.79. The van der Waals surface area contributed by atoms with E-state index < -0.39 is 5.72 Å². The fourth-order valence-electron chi connectivity index (χ4n) is 1.79. The Hall–Kier alpha value is -0.230. The van der Waals surface area contributed by atoms with E-state index in [1.54, 1.807) is 23.5 Å². The normalized spacial score (nSPS) is 24.4. The standard InChI is InChI=1S/C12H15NOS3/c1-12(14)8-17-11(15)13(12)7-9-5-3-4-6-10(9)16-2/h3-6,14H,7-8H2,1-2H3. The van der Waals surface area contributed by atoms with Gasteiger partial charge in [0.15, 0.2) is 0 Å². The first kappa shape index (κ1) is 13.2. The van der Waals surface area contributed by atoms with E-state index >= 15 is 0 Å². The molecular weight excluding hydrogens is 270 g/mol. The highest BCUT2D eigenvalue weighted by Gasteiger charge is 2.38. The Morgan fingerprint density at radius 1 is 1.53 bits per heavy atom. The number of hydrogen-bond acceptors (Lipinski definition) is 4. The molecule has 1 atom stereocenters. The summed E-state index contributed by atoms with van der Waals surface area (Å²) >= 11 is 8.56. The van der Waals surface area contributed by atoms with Gasteiger partial charge in [0, 0.05) is 17.2 Å². The lowest BCUT2D eigenvalue weighted by atomic mass is 10.2. The first-order valence-corrected chi connectivity index (χ1v) is 7.95. The Bertz CT molecular complexity index is 434. The Labute approximate surface area is 116 Å². The van der Waals surface area contributed by atoms with Crippen molar-refractivity contribution in [2.45, 2.75) is 24.1 Å². The molecule has 1 aromatic rings. The van der Waals surface area contributed by atoms with E-state index in [9.17, 15) is 5.11 Å². The molecule has 1 fully saturated rings. The van der Waals surface area contributed by atoms with Gasteiger partial charge < -0.3 is 10.0 Å². The number of nitrogens with zero attached hydrogens (tertiary/aromatic N) is 1. The lowest BCUT2D eigenvalue weighted by Gasteiger charge is -2.31. The summed E-state index contributed by atoms with van der Waals surface area (Å²) in [4.78, 5) is 3.14. The Kier molecular flexibility index (Phi) is 4.02. The summed E-state index contributed by atoms with van der Waals surface area (Å²) < 4.78 is 0.783. The van der Waals surface area contributed by atoms with Crippen LogP contribution >= 0.6 is 35.7 Å². The van der Waals surface area contributed by atoms with Gasteiger partial charge >= 0.3 is 0 Å². The molecule has 1 aliphatic rings. The van der Waals surface area contributed by atoms with Crippen molar-refractivity contribution >= 4 is 40.1 Å². The molecule has 1 aromatic carbocycles. The highest BCUT2D eigenvalue weighted by Crippen LogP contribution is 2.33. The van der Waals surface area contributed by atoms with Crippen molar-refractivity contribution in [1.82, 2.24) is 4.90 Å². The van der Waals surface area contributed by atoms with E-state index in [0.717, 1.165) is 4.32 Å². The van der Waals surface area contributed by atoms with Crippen LogP contribution in [0.25, 0.3) is 0 Å². The van der Waals surface area contributed by atoms with Gasteiger partial charge in [-0.05, 0) is 24.8 Å². The van der Waals surface area contributed by atoms with Crippen LogP contribution in [0.4, 0.5) is 0 Å². The van der Waals surface area contributed by atoms with Crippen LogP contribution in [0.3, 0.4) is 0 Å². The van der Waals surface area contributed by atoms with Crippen LogP contribution in [0.15, 0.2) is 29.2 Å². The van der Waals surface area contributed by atoms with Gasteiger partial charge in [-0.15, -0.1) is 11.8 Å². The van der Waals surface area contributed by atoms with Crippen molar-refractivity contribution in [2.75, 3.05) is 12.0 Å². The number of thiocarbonyl (C=S) groups is 1. The molecule has 1 unspecified atom stereocenters. The first-order valence-electron chi connectivity index (χ1n) is 5.33. The Balaban J connectivity index is 2.23. The quantitative estimate of drug-likeness (QED) is 0.679. The van der Waals surface area contributed by atoms with E-state index in [1.165, 1.54) is 10.5 Å². The van der Waals surface area contributed by atoms with E-state index in [1.807, 2.05) is 24.0 Å². The molecule has 0 aromatic heterocycles. The zero-order valence-electron chi connectivity index (χ0n) is 9.84. The lowest BCUT2D eigenvalue weighted by Crippen LogP contribution is -2.43. The largest absolute Gasteiger partial charge is 0.370 e. The molecule has 17 heavy (non-hydrogen) atoms. The van der Waals surface area contributed by atoms with E-state index in [2.05, 4.69) is 18.4 Å². The van der Waals surface area contributed by atoms with Gasteiger partial charge in [0.25, 0.3) is 0 Å². The molecule has 2 rings (SSSR count). The molecule has 1 heterocycles. The third-order valence-corrected chi connectivity index (χ3v) is 5.36. The number of rotatable bonds is 3. The van der Waals surface area contributed by atoms with Crippen LogP contribution in [0.1, 0.15) is 12.5 Å². The summed E-state index contributed by atoms with van der Waals surface area (Å²) in [7, 11) is 0. The zero-order valence-corrected chi connectivity index (χ0v) is 12.3. The predicted octanol–water partition coefficient (Wildman–Crippen LogP) is 2.95. The highest BCUT2D eigenvalue weighted by atomic mass is 32.2. The van der Waals surface area contributed by atoms with Crippen molar-refractivity contribution in [3.8, 4) is 0 Å². The van der Waals surface area contributed by atoms with E-state index in [-0.39, 0.29) is 0 Å². The van der Waals surface area contributed by atoms with Crippen molar-refractivity contribution in [1.29, 1.82) is 0 Å². The van der Waals surface area contributed by atoms with Gasteiger partial charge in [0.2, 0.25) is 0 Å². The molecule has 1 N–H and O–H groups in total. The number of hydrogen-bond donors (Lipinski definition) is 1. The molecule has 0 bridgehead atoms. The first-order chi connectivity index (χ1) is 8.04. The van der Waals surface area contributed by atoms with Crippen molar-refractivity contribution in [2.24, 2.45) is 0 Å². The van der Waals surface area contributed by atoms with Gasteiger partial charge in [0.05, 0.1) is 0 Å². The molecule has 5 heteroatoms. The predicted molar refractivity (Wildman–Crippen MR) is 79.4 cm³/mol. The average molecular weight is 285 g/mol. The van der Waals surface area contributed by atoms with E-state index in [4.69, 9.17) is 12.2 Å². The van der Waals surface area contributed by atoms with Crippen LogP contribution in [-0.4, -0.2) is 32.1 Å². The van der Waals surface area contributed by atoms with Crippen molar-refractivity contribution in [3.63, 3.8) is 0 Å². The molecule has 1 saturated heterocycles. The molecule has 2 nitrogen and oxygen atoms in total. The third kappa shape index (κ3) is 2.78. The zero-order chi connectivity index (χ0) is 12.5. The minimum Gasteiger partial charge on any atom is -0.370 e. The second-order valence-corrected chi connectivity index (χ2v) is 6.63. The lowest BCUT2D eigenvalue weighted by molar-refractivity contribution is -0.0274. The fraction of sp³-hybridized carbons (Fsp3) is 0.417. The number of aliphatic hydroxyl groups is 1. The minimum absolute atomic E-state index is 0.646. The summed E-state index contributed by atoms with van der Waals surface area (Å²) in [6.07, 6.45) is 2.06. The molecule has 0 saturated carbocycles. The fourth-order valence-corrected chi connectivity index (χ4v) is 3.81. The summed E-state index contributed by atoms with van der Waals surface area (Å²) in [6, 6.07) is 8.25. The molecule has 1 aliphatic heterocycles. The molecular formula is C12H15NOS3. The summed E-state index contributed by atoms with van der Waals surface area (Å²) in [5.74, 6) is 0.646. The molecule has 0 spiro atoms. The van der Waals surface area contributed by atoms with E-state index in [0.29, 0.717) is 12.3 Å². The smallest absolute Gasteiger partial charge is 0.145 e. The molecule has 0 amide bonds. The Morgan fingerprint density at radius 2 is 2.24 bits per heavy atom. The van der Waals surface area contributed by atoms with Crippen LogP contribution in [0, 0.1) is 0 Å². The van der Waals surface area contributed by atoms with Crippen molar-refractivity contribution in [3.05, 3.63) is 29.8 Å². The summed E-state index contributed by atoms with van der Waals surface area (Å²) in [5, 5.41) is 10.3. The number of benzene rings is 1. The van der Waals surface area contributed by atoms with Crippen molar-refractivity contribution < 1.29 is 5.11 Å². The second kappa shape index (κ2) is 5.18. The van der Waals surface area contributed by atoms with Crippen LogP contribution < -0.4 is 0 Å². The molecule has 0 radical (unpaired) electrons. The SMILES string of the molecule is CSc1ccccc1CN1C(=S)SCC1(C)O. The Morgan fingerprint density at radius 3 is 2.82 bits per heavy atom. The topological polar surface area (TPSA) is 23.5 Å². The van der Waals surface area contributed by atoms with Gasteiger partial charge in [-0.1, -0.05) is 42.2 Å². The van der Waals surface area contributed by atoms with Crippen LogP contribution in [0.5, 0.6) is 0 Å². The maximum atomic E-state index is 10.3. The number of thioether (sulfide) groups is 2. The monoisotopic (exact) mass is 285 g/mol. The second-order valence-electron chi connectivity index (χ2n) is 4.17. The summed E-state index contributed by atoms with van der Waals surface area (Å²) in [5.41, 5.74) is 0.387. The van der Waals surface area contributed by atoms with Gasteiger partial charge in [-0.3, -0.25) is 0 Å². The highest BCUT2D eigenvalue weighted by molar-refractivity contribution is 8.23. The molecule has 92 valence electrons. The minimum atomic E-state index is -0.826. The van der Waals surface area contributed by atoms with Crippen LogP contribution in [-0.2, 0) is 6.54 Å². The molecule has 0 aliphatic carbocycles.